The standard InChI is InChI=1S/C25H31NO5/c1-27-21-10-8-16(13-23(21)29-3)20-15-26-12-6-7-17(26)14-19(20)18-9-11-22(28-2)25(31-5)24(18)30-4/h8-11,13-14,19-20H,6-7,12,15H2,1-5H3. The lowest BCUT2D eigenvalue weighted by atomic mass is 9.78. The molecule has 1 saturated heterocycles. The minimum atomic E-state index is 0.136. The summed E-state index contributed by atoms with van der Waals surface area (Å²) in [5.41, 5.74) is 3.72. The molecule has 2 aromatic rings. The van der Waals surface area contributed by atoms with Crippen molar-refractivity contribution >= 4 is 0 Å². The highest BCUT2D eigenvalue weighted by molar-refractivity contribution is 5.59. The zero-order valence-electron chi connectivity index (χ0n) is 18.9. The van der Waals surface area contributed by atoms with Crippen LogP contribution in [0.15, 0.2) is 42.1 Å². The van der Waals surface area contributed by atoms with E-state index in [1.807, 2.05) is 12.1 Å². The van der Waals surface area contributed by atoms with Gasteiger partial charge in [-0.3, -0.25) is 0 Å². The van der Waals surface area contributed by atoms with Gasteiger partial charge in [0.15, 0.2) is 23.0 Å². The van der Waals surface area contributed by atoms with Crippen LogP contribution in [0.4, 0.5) is 0 Å². The summed E-state index contributed by atoms with van der Waals surface area (Å²) in [4.78, 5) is 2.51. The quantitative estimate of drug-likeness (QED) is 0.647. The molecule has 2 unspecified atom stereocenters. The molecule has 2 aliphatic rings. The molecule has 0 aromatic heterocycles. The van der Waals surface area contributed by atoms with Crippen LogP contribution < -0.4 is 23.7 Å². The number of nitrogens with zero attached hydrogens (tertiary/aromatic N) is 1. The van der Waals surface area contributed by atoms with Crippen LogP contribution in [0.3, 0.4) is 0 Å². The van der Waals surface area contributed by atoms with Gasteiger partial charge in [-0.1, -0.05) is 18.2 Å². The lowest BCUT2D eigenvalue weighted by Crippen LogP contribution is -2.32. The Bertz CT molecular complexity index is 971. The third-order valence-corrected chi connectivity index (χ3v) is 6.42. The van der Waals surface area contributed by atoms with E-state index in [1.54, 1.807) is 35.5 Å². The number of hydrogen-bond acceptors (Lipinski definition) is 6. The van der Waals surface area contributed by atoms with Crippen molar-refractivity contribution in [1.29, 1.82) is 0 Å². The monoisotopic (exact) mass is 425 g/mol. The minimum Gasteiger partial charge on any atom is -0.493 e. The summed E-state index contributed by atoms with van der Waals surface area (Å²) in [7, 11) is 8.31. The van der Waals surface area contributed by atoms with Gasteiger partial charge in [-0.25, -0.2) is 0 Å². The predicted octanol–water partition coefficient (Wildman–Crippen LogP) is 4.59. The van der Waals surface area contributed by atoms with Crippen molar-refractivity contribution in [2.45, 2.75) is 24.7 Å². The Morgan fingerprint density at radius 2 is 1.48 bits per heavy atom. The second-order valence-electron chi connectivity index (χ2n) is 7.88. The number of methoxy groups -OCH3 is 5. The van der Waals surface area contributed by atoms with Crippen molar-refractivity contribution in [2.75, 3.05) is 48.6 Å². The number of rotatable bonds is 7. The highest BCUT2D eigenvalue weighted by Crippen LogP contribution is 2.50. The average molecular weight is 426 g/mol. The van der Waals surface area contributed by atoms with Crippen LogP contribution >= 0.6 is 0 Å². The molecular weight excluding hydrogens is 394 g/mol. The fraction of sp³-hybridized carbons (Fsp3) is 0.440. The molecule has 0 saturated carbocycles. The van der Waals surface area contributed by atoms with E-state index in [2.05, 4.69) is 29.2 Å². The van der Waals surface area contributed by atoms with Crippen LogP contribution in [0.5, 0.6) is 28.7 Å². The molecule has 31 heavy (non-hydrogen) atoms. The van der Waals surface area contributed by atoms with Gasteiger partial charge < -0.3 is 28.6 Å². The third kappa shape index (κ3) is 3.75. The molecule has 166 valence electrons. The van der Waals surface area contributed by atoms with E-state index in [-0.39, 0.29) is 11.8 Å². The van der Waals surface area contributed by atoms with Crippen LogP contribution in [-0.4, -0.2) is 53.5 Å². The number of benzene rings is 2. The SMILES string of the molecule is COc1ccc(C2CN3CCCC3=CC2c2ccc(OC)c(OC)c2OC)cc1OC. The van der Waals surface area contributed by atoms with E-state index in [1.165, 1.54) is 17.7 Å². The fourth-order valence-corrected chi connectivity index (χ4v) is 4.91. The van der Waals surface area contributed by atoms with E-state index in [0.29, 0.717) is 11.5 Å². The highest BCUT2D eigenvalue weighted by atomic mass is 16.5. The molecule has 2 aliphatic heterocycles. The summed E-state index contributed by atoms with van der Waals surface area (Å²) in [5, 5.41) is 0. The molecule has 0 spiro atoms. The number of allylic oxidation sites excluding steroid dienone is 2. The first-order valence-electron chi connectivity index (χ1n) is 10.6. The van der Waals surface area contributed by atoms with E-state index in [9.17, 15) is 0 Å². The van der Waals surface area contributed by atoms with Gasteiger partial charge in [0.1, 0.15) is 0 Å². The summed E-state index contributed by atoms with van der Waals surface area (Å²) in [5.74, 6) is 3.86. The van der Waals surface area contributed by atoms with E-state index >= 15 is 0 Å². The van der Waals surface area contributed by atoms with Crippen molar-refractivity contribution < 1.29 is 23.7 Å². The minimum absolute atomic E-state index is 0.136. The molecule has 0 aliphatic carbocycles. The van der Waals surface area contributed by atoms with Gasteiger partial charge in [-0.15, -0.1) is 0 Å². The third-order valence-electron chi connectivity index (χ3n) is 6.42. The summed E-state index contributed by atoms with van der Waals surface area (Å²) in [6.07, 6.45) is 4.71. The summed E-state index contributed by atoms with van der Waals surface area (Å²) >= 11 is 0. The van der Waals surface area contributed by atoms with Gasteiger partial charge in [0.25, 0.3) is 0 Å². The Hall–Kier alpha value is -3.02. The summed E-state index contributed by atoms with van der Waals surface area (Å²) < 4.78 is 28.1. The zero-order valence-corrected chi connectivity index (χ0v) is 18.9. The summed E-state index contributed by atoms with van der Waals surface area (Å²) in [6, 6.07) is 10.3. The highest BCUT2D eigenvalue weighted by Gasteiger charge is 2.36. The topological polar surface area (TPSA) is 49.4 Å². The van der Waals surface area contributed by atoms with Crippen LogP contribution in [-0.2, 0) is 0 Å². The summed E-state index contributed by atoms with van der Waals surface area (Å²) in [6.45, 7) is 2.05. The molecular formula is C25H31NO5. The largest absolute Gasteiger partial charge is 0.493 e. The van der Waals surface area contributed by atoms with Gasteiger partial charge in [0.2, 0.25) is 5.75 Å². The molecule has 0 radical (unpaired) electrons. The molecule has 6 heteroatoms. The molecule has 2 aromatic carbocycles. The van der Waals surface area contributed by atoms with Crippen LogP contribution in [0.1, 0.15) is 35.8 Å². The Kier molecular flexibility index (Phi) is 6.16. The number of hydrogen-bond donors (Lipinski definition) is 0. The molecule has 0 bridgehead atoms. The van der Waals surface area contributed by atoms with Crippen LogP contribution in [0.2, 0.25) is 0 Å². The normalized spacial score (nSPS) is 20.0. The molecule has 4 rings (SSSR count). The molecule has 0 N–H and O–H groups in total. The maximum absolute atomic E-state index is 5.85. The molecule has 2 atom stereocenters. The lowest BCUT2D eigenvalue weighted by molar-refractivity contribution is 0.306. The van der Waals surface area contributed by atoms with Crippen molar-refractivity contribution in [3.63, 3.8) is 0 Å². The Morgan fingerprint density at radius 1 is 0.774 bits per heavy atom. The maximum atomic E-state index is 5.85. The van der Waals surface area contributed by atoms with Gasteiger partial charge >= 0.3 is 0 Å². The Labute approximate surface area is 184 Å². The van der Waals surface area contributed by atoms with Crippen molar-refractivity contribution in [2.24, 2.45) is 0 Å². The number of fused-ring (bicyclic) bond motifs is 1. The Balaban J connectivity index is 1.85. The second-order valence-corrected chi connectivity index (χ2v) is 7.88. The van der Waals surface area contributed by atoms with E-state index in [4.69, 9.17) is 23.7 Å². The van der Waals surface area contributed by atoms with E-state index in [0.717, 1.165) is 42.3 Å². The van der Waals surface area contributed by atoms with Crippen molar-refractivity contribution in [3.8, 4) is 28.7 Å². The van der Waals surface area contributed by atoms with E-state index < -0.39 is 0 Å². The molecule has 2 heterocycles. The first-order chi connectivity index (χ1) is 15.1. The van der Waals surface area contributed by atoms with Crippen LogP contribution in [0.25, 0.3) is 0 Å². The average Bonchev–Trinajstić information content (AvgIpc) is 3.29. The molecule has 6 nitrogen and oxygen atoms in total. The van der Waals surface area contributed by atoms with Crippen molar-refractivity contribution in [3.05, 3.63) is 53.2 Å². The maximum Gasteiger partial charge on any atom is 0.203 e. The van der Waals surface area contributed by atoms with Crippen molar-refractivity contribution in [1.82, 2.24) is 4.90 Å². The number of ether oxygens (including phenoxy) is 5. The zero-order chi connectivity index (χ0) is 22.0. The first-order valence-corrected chi connectivity index (χ1v) is 10.6. The predicted molar refractivity (Wildman–Crippen MR) is 120 cm³/mol. The van der Waals surface area contributed by atoms with Gasteiger partial charge in [-0.2, -0.15) is 0 Å². The molecule has 0 amide bonds. The van der Waals surface area contributed by atoms with Gasteiger partial charge in [0.05, 0.1) is 35.5 Å². The lowest BCUT2D eigenvalue weighted by Gasteiger charge is -2.37. The Morgan fingerprint density at radius 3 is 2.16 bits per heavy atom. The van der Waals surface area contributed by atoms with Crippen LogP contribution in [0, 0.1) is 0 Å². The molecule has 1 fully saturated rings. The first kappa shape index (κ1) is 21.2. The fourth-order valence-electron chi connectivity index (χ4n) is 4.91. The van der Waals surface area contributed by atoms with Gasteiger partial charge in [0, 0.05) is 36.2 Å². The van der Waals surface area contributed by atoms with Gasteiger partial charge in [-0.05, 0) is 36.6 Å². The second kappa shape index (κ2) is 9.00. The smallest absolute Gasteiger partial charge is 0.203 e.